The molecule has 0 fully saturated rings. The zero-order chi connectivity index (χ0) is 32.3. The minimum absolute atomic E-state index is 0.116. The zero-order valence-electron chi connectivity index (χ0n) is 25.4. The van der Waals surface area contributed by atoms with Crippen LogP contribution in [-0.4, -0.2) is 47.3 Å². The van der Waals surface area contributed by atoms with Crippen LogP contribution < -0.4 is 4.90 Å². The van der Waals surface area contributed by atoms with E-state index in [9.17, 15) is 17.8 Å². The summed E-state index contributed by atoms with van der Waals surface area (Å²) in [6, 6.07) is 12.4. The first kappa shape index (κ1) is 34.6. The number of aliphatic carboxylic acids is 1. The Bertz CT molecular complexity index is 1710. The maximum absolute atomic E-state index is 12.0. The van der Waals surface area contributed by atoms with Gasteiger partial charge in [0.25, 0.3) is 0 Å². The topological polar surface area (TPSA) is 101 Å². The molecular formula is C34H38I2N2O5S. The van der Waals surface area contributed by atoms with Gasteiger partial charge in [0.2, 0.25) is 5.69 Å². The molecule has 2 aromatic rings. The molecule has 2 aliphatic heterocycles. The molecule has 1 N–H and O–H groups in total. The van der Waals surface area contributed by atoms with E-state index < -0.39 is 27.4 Å². The third-order valence-corrected chi connectivity index (χ3v) is 10.4. The van der Waals surface area contributed by atoms with Crippen LogP contribution in [0.25, 0.3) is 0 Å². The SMILES string of the molecule is C[N+]1=C(/C=C/C=C/C=C/C=C2\N(CS(=O)(=O)[O-])c3ccc(I)cc3C2(C)CCCCCC(=O)O)C(C)(C)c2cc(I)ccc21. The van der Waals surface area contributed by atoms with Crippen LogP contribution in [-0.2, 0) is 25.7 Å². The molecule has 0 saturated heterocycles. The van der Waals surface area contributed by atoms with Crippen molar-refractivity contribution in [1.29, 1.82) is 0 Å². The van der Waals surface area contributed by atoms with Gasteiger partial charge in [-0.1, -0.05) is 43.2 Å². The van der Waals surface area contributed by atoms with E-state index in [-0.39, 0.29) is 11.8 Å². The van der Waals surface area contributed by atoms with E-state index in [4.69, 9.17) is 5.11 Å². The maximum atomic E-state index is 12.0. The molecular weight excluding hydrogens is 802 g/mol. The minimum Gasteiger partial charge on any atom is -0.747 e. The van der Waals surface area contributed by atoms with Gasteiger partial charge >= 0.3 is 5.97 Å². The Hall–Kier alpha value is -2.29. The van der Waals surface area contributed by atoms with Crippen LogP contribution in [0.4, 0.5) is 11.4 Å². The van der Waals surface area contributed by atoms with E-state index in [0.29, 0.717) is 18.5 Å². The molecule has 7 nitrogen and oxygen atoms in total. The summed E-state index contributed by atoms with van der Waals surface area (Å²) in [5.41, 5.74) is 5.50. The van der Waals surface area contributed by atoms with Gasteiger partial charge in [-0.05, 0) is 121 Å². The van der Waals surface area contributed by atoms with Crippen molar-refractivity contribution < 1.29 is 27.4 Å². The van der Waals surface area contributed by atoms with Crippen LogP contribution in [0.1, 0.15) is 64.0 Å². The van der Waals surface area contributed by atoms with Crippen molar-refractivity contribution in [2.45, 2.75) is 63.7 Å². The number of nitrogens with zero attached hydrogens (tertiary/aromatic N) is 2. The molecule has 10 heteroatoms. The number of halogens is 2. The third kappa shape index (κ3) is 7.73. The molecule has 0 aromatic heterocycles. The molecule has 4 rings (SSSR count). The van der Waals surface area contributed by atoms with Gasteiger partial charge in [-0.3, -0.25) is 4.79 Å². The summed E-state index contributed by atoms with van der Waals surface area (Å²) in [6.07, 6.45) is 16.6. The number of carboxylic acids is 1. The van der Waals surface area contributed by atoms with Crippen LogP contribution in [0.15, 0.2) is 84.6 Å². The highest BCUT2D eigenvalue weighted by Gasteiger charge is 2.44. The molecule has 2 heterocycles. The molecule has 0 radical (unpaired) electrons. The van der Waals surface area contributed by atoms with Gasteiger partial charge in [-0.15, -0.1) is 0 Å². The van der Waals surface area contributed by atoms with Gasteiger partial charge in [0.1, 0.15) is 23.0 Å². The lowest BCUT2D eigenvalue weighted by Crippen LogP contribution is -2.32. The number of unbranched alkanes of at least 4 members (excludes halogenated alkanes) is 2. The predicted octanol–water partition coefficient (Wildman–Crippen LogP) is 7.77. The second-order valence-electron chi connectivity index (χ2n) is 12.0. The Morgan fingerprint density at radius 3 is 2.27 bits per heavy atom. The number of carboxylic acid groups (broad SMARTS) is 1. The second-order valence-corrected chi connectivity index (χ2v) is 15.8. The number of carbonyl (C=O) groups is 1. The van der Waals surface area contributed by atoms with Crippen molar-refractivity contribution in [1.82, 2.24) is 0 Å². The Balaban J connectivity index is 1.57. The number of rotatable bonds is 12. The summed E-state index contributed by atoms with van der Waals surface area (Å²) in [4.78, 5) is 12.6. The number of hydrogen-bond donors (Lipinski definition) is 1. The van der Waals surface area contributed by atoms with Gasteiger partial charge in [-0.2, -0.15) is 4.58 Å². The molecule has 0 amide bonds. The van der Waals surface area contributed by atoms with Crippen molar-refractivity contribution in [2.75, 3.05) is 17.8 Å². The monoisotopic (exact) mass is 840 g/mol. The van der Waals surface area contributed by atoms with Crippen molar-refractivity contribution in [3.05, 3.63) is 103 Å². The zero-order valence-corrected chi connectivity index (χ0v) is 30.5. The Labute approximate surface area is 288 Å². The van der Waals surface area contributed by atoms with E-state index in [1.165, 1.54) is 20.5 Å². The molecule has 0 spiro atoms. The fraction of sp³-hybridized carbons (Fsp3) is 0.353. The molecule has 1 unspecified atom stereocenters. The summed E-state index contributed by atoms with van der Waals surface area (Å²) >= 11 is 4.59. The first-order chi connectivity index (χ1) is 20.6. The highest BCUT2D eigenvalue weighted by atomic mass is 127. The first-order valence-electron chi connectivity index (χ1n) is 14.5. The second kappa shape index (κ2) is 14.0. The summed E-state index contributed by atoms with van der Waals surface area (Å²) in [5.74, 6) is -1.47. The highest BCUT2D eigenvalue weighted by molar-refractivity contribution is 14.1. The molecule has 44 heavy (non-hydrogen) atoms. The Morgan fingerprint density at radius 2 is 1.59 bits per heavy atom. The van der Waals surface area contributed by atoms with Crippen molar-refractivity contribution in [3.63, 3.8) is 0 Å². The Morgan fingerprint density at radius 1 is 0.955 bits per heavy atom. The first-order valence-corrected chi connectivity index (χ1v) is 18.2. The smallest absolute Gasteiger partial charge is 0.303 e. The summed E-state index contributed by atoms with van der Waals surface area (Å²) in [6.45, 7) is 6.54. The number of anilines is 1. The fourth-order valence-corrected chi connectivity index (χ4v) is 7.89. The lowest BCUT2D eigenvalue weighted by atomic mass is 9.77. The van der Waals surface area contributed by atoms with Crippen LogP contribution in [0.3, 0.4) is 0 Å². The molecule has 2 aromatic carbocycles. The van der Waals surface area contributed by atoms with E-state index in [0.717, 1.165) is 27.7 Å². The van der Waals surface area contributed by atoms with Crippen molar-refractivity contribution >= 4 is 78.4 Å². The molecule has 0 bridgehead atoms. The summed E-state index contributed by atoms with van der Waals surface area (Å²) in [5, 5.41) is 9.01. The van der Waals surface area contributed by atoms with E-state index >= 15 is 0 Å². The Kier molecular flexibility index (Phi) is 11.0. The average molecular weight is 841 g/mol. The van der Waals surface area contributed by atoms with Crippen molar-refractivity contribution in [2.24, 2.45) is 0 Å². The van der Waals surface area contributed by atoms with Gasteiger partial charge in [0.05, 0.1) is 5.41 Å². The van der Waals surface area contributed by atoms with Gasteiger partial charge in [0.15, 0.2) is 5.71 Å². The van der Waals surface area contributed by atoms with Crippen LogP contribution in [0.2, 0.25) is 0 Å². The van der Waals surface area contributed by atoms with Crippen LogP contribution >= 0.6 is 45.2 Å². The van der Waals surface area contributed by atoms with Gasteiger partial charge in [0, 0.05) is 48.1 Å². The molecule has 0 saturated carbocycles. The lowest BCUT2D eigenvalue weighted by Gasteiger charge is -2.31. The van der Waals surface area contributed by atoms with Gasteiger partial charge in [-0.25, -0.2) is 8.42 Å². The molecule has 0 aliphatic carbocycles. The number of benzene rings is 2. The number of hydrogen-bond acceptors (Lipinski definition) is 5. The van der Waals surface area contributed by atoms with Crippen LogP contribution in [0.5, 0.6) is 0 Å². The number of allylic oxidation sites excluding steroid dienone is 8. The lowest BCUT2D eigenvalue weighted by molar-refractivity contribution is -0.401. The van der Waals surface area contributed by atoms with Crippen LogP contribution in [0, 0.1) is 7.14 Å². The standard InChI is InChI=1S/C34H38I2N2O5S/c1-33(2)26-21-24(35)16-18-28(26)37(4)30(33)13-9-6-5-7-10-14-31-34(3,20-12-8-11-15-32(39)40)27-22-25(36)17-19-29(27)38(31)23-44(41,42)43/h5-7,9-10,13-14,16-19,21-22H,8,11-12,15,20,23H2,1-4H3,(H-,39,40,41,42,43). The summed E-state index contributed by atoms with van der Waals surface area (Å²) < 4.78 is 40.4. The number of fused-ring (bicyclic) bond motifs is 2. The van der Waals surface area contributed by atoms with Gasteiger partial charge < -0.3 is 14.6 Å². The molecule has 234 valence electrons. The normalized spacial score (nSPS) is 20.5. The highest BCUT2D eigenvalue weighted by Crippen LogP contribution is 2.51. The maximum Gasteiger partial charge on any atom is 0.303 e. The largest absolute Gasteiger partial charge is 0.747 e. The quantitative estimate of drug-likeness (QED) is 0.0772. The average Bonchev–Trinajstić information content (AvgIpc) is 3.25. The summed E-state index contributed by atoms with van der Waals surface area (Å²) in [7, 11) is -2.46. The third-order valence-electron chi connectivity index (χ3n) is 8.50. The van der Waals surface area contributed by atoms with Crippen molar-refractivity contribution in [3.8, 4) is 0 Å². The molecule has 2 aliphatic rings. The molecule has 1 atom stereocenters. The minimum atomic E-state index is -4.56. The van der Waals surface area contributed by atoms with E-state index in [1.54, 1.807) is 4.90 Å². The van der Waals surface area contributed by atoms with E-state index in [1.807, 2.05) is 54.7 Å². The van der Waals surface area contributed by atoms with E-state index in [2.05, 4.69) is 102 Å². The predicted molar refractivity (Wildman–Crippen MR) is 193 cm³/mol. The fourth-order valence-electron chi connectivity index (χ4n) is 6.31.